The van der Waals surface area contributed by atoms with E-state index in [4.69, 9.17) is 4.74 Å². The average Bonchev–Trinajstić information content (AvgIpc) is 2.99. The van der Waals surface area contributed by atoms with Crippen LogP contribution in [-0.2, 0) is 16.1 Å². The molecule has 2 unspecified atom stereocenters. The number of benzene rings is 1. The van der Waals surface area contributed by atoms with Crippen molar-refractivity contribution in [2.24, 2.45) is 0 Å². The molecule has 2 atom stereocenters. The number of nitrogens with one attached hydrogen (secondary N) is 1. The predicted octanol–water partition coefficient (Wildman–Crippen LogP) is 2.73. The Kier molecular flexibility index (Phi) is 6.06. The number of hydrogen-bond acceptors (Lipinski definition) is 3. The summed E-state index contributed by atoms with van der Waals surface area (Å²) in [6.07, 6.45) is 6.33. The van der Waals surface area contributed by atoms with Gasteiger partial charge in [-0.15, -0.1) is 0 Å². The molecule has 2 aliphatic rings. The average molecular weight is 316 g/mol. The van der Waals surface area contributed by atoms with Gasteiger partial charge in [-0.05, 0) is 37.8 Å². The van der Waals surface area contributed by atoms with Gasteiger partial charge in [0.05, 0.1) is 6.61 Å². The number of carbonyl (C=O) groups is 1. The van der Waals surface area contributed by atoms with Gasteiger partial charge in [-0.3, -0.25) is 9.69 Å². The first-order chi connectivity index (χ1) is 11.3. The van der Waals surface area contributed by atoms with Crippen LogP contribution in [0.25, 0.3) is 0 Å². The Balaban J connectivity index is 1.29. The Labute approximate surface area is 139 Å². The Bertz CT molecular complexity index is 491. The van der Waals surface area contributed by atoms with E-state index in [1.165, 1.54) is 31.4 Å². The summed E-state index contributed by atoms with van der Waals surface area (Å²) in [7, 11) is 0. The van der Waals surface area contributed by atoms with E-state index < -0.39 is 0 Å². The maximum atomic E-state index is 12.1. The van der Waals surface area contributed by atoms with Gasteiger partial charge in [0.1, 0.15) is 0 Å². The van der Waals surface area contributed by atoms with Crippen molar-refractivity contribution < 1.29 is 9.53 Å². The molecule has 0 bridgehead atoms. The smallest absolute Gasteiger partial charge is 0.220 e. The second-order valence-electron chi connectivity index (χ2n) is 6.70. The van der Waals surface area contributed by atoms with Crippen LogP contribution in [0, 0.1) is 0 Å². The van der Waals surface area contributed by atoms with Gasteiger partial charge in [-0.25, -0.2) is 0 Å². The summed E-state index contributed by atoms with van der Waals surface area (Å²) in [6.45, 7) is 3.63. The molecule has 2 saturated heterocycles. The van der Waals surface area contributed by atoms with E-state index in [1.54, 1.807) is 0 Å². The SMILES string of the molecule is O=C(CCCOCc1ccccc1)NC1CCN2CCCCC12. The van der Waals surface area contributed by atoms with Gasteiger partial charge in [0.25, 0.3) is 0 Å². The number of ether oxygens (including phenoxy) is 1. The second-order valence-corrected chi connectivity index (χ2v) is 6.70. The zero-order valence-corrected chi connectivity index (χ0v) is 13.9. The van der Waals surface area contributed by atoms with Crippen molar-refractivity contribution in [2.75, 3.05) is 19.7 Å². The van der Waals surface area contributed by atoms with E-state index in [1.807, 2.05) is 18.2 Å². The molecular formula is C19H28N2O2. The van der Waals surface area contributed by atoms with Crippen LogP contribution in [0.15, 0.2) is 30.3 Å². The van der Waals surface area contributed by atoms with Crippen molar-refractivity contribution in [1.82, 2.24) is 10.2 Å². The largest absolute Gasteiger partial charge is 0.377 e. The highest BCUT2D eigenvalue weighted by molar-refractivity contribution is 5.76. The number of hydrogen-bond donors (Lipinski definition) is 1. The standard InChI is InChI=1S/C19H28N2O2/c22-19(10-6-14-23-15-16-7-2-1-3-8-16)20-17-11-13-21-12-5-4-9-18(17)21/h1-3,7-8,17-18H,4-6,9-15H2,(H,20,22). The predicted molar refractivity (Wildman–Crippen MR) is 91.1 cm³/mol. The Morgan fingerprint density at radius 3 is 2.91 bits per heavy atom. The minimum Gasteiger partial charge on any atom is -0.377 e. The van der Waals surface area contributed by atoms with Crippen LogP contribution < -0.4 is 5.32 Å². The minimum absolute atomic E-state index is 0.186. The summed E-state index contributed by atoms with van der Waals surface area (Å²) >= 11 is 0. The molecule has 2 fully saturated rings. The highest BCUT2D eigenvalue weighted by Gasteiger charge is 2.35. The molecule has 2 aliphatic heterocycles. The molecular weight excluding hydrogens is 288 g/mol. The van der Waals surface area contributed by atoms with E-state index in [0.717, 1.165) is 19.4 Å². The topological polar surface area (TPSA) is 41.6 Å². The Morgan fingerprint density at radius 1 is 1.17 bits per heavy atom. The van der Waals surface area contributed by atoms with Crippen LogP contribution in [0.1, 0.15) is 44.1 Å². The third-order valence-electron chi connectivity index (χ3n) is 5.01. The minimum atomic E-state index is 0.186. The monoisotopic (exact) mass is 316 g/mol. The van der Waals surface area contributed by atoms with Gasteiger partial charge in [0.2, 0.25) is 5.91 Å². The number of nitrogens with zero attached hydrogens (tertiary/aromatic N) is 1. The number of amides is 1. The Hall–Kier alpha value is -1.39. The molecule has 0 spiro atoms. The van der Waals surface area contributed by atoms with Gasteiger partial charge in [-0.1, -0.05) is 36.8 Å². The molecule has 0 saturated carbocycles. The van der Waals surface area contributed by atoms with Crippen LogP contribution in [0.2, 0.25) is 0 Å². The summed E-state index contributed by atoms with van der Waals surface area (Å²) in [5.74, 6) is 0.186. The van der Waals surface area contributed by atoms with Gasteiger partial charge < -0.3 is 10.1 Å². The second kappa shape index (κ2) is 8.46. The van der Waals surface area contributed by atoms with Gasteiger partial charge >= 0.3 is 0 Å². The molecule has 4 nitrogen and oxygen atoms in total. The van der Waals surface area contributed by atoms with Crippen molar-refractivity contribution in [2.45, 2.75) is 57.2 Å². The first-order valence-electron chi connectivity index (χ1n) is 8.98. The fraction of sp³-hybridized carbons (Fsp3) is 0.632. The summed E-state index contributed by atoms with van der Waals surface area (Å²) < 4.78 is 5.64. The van der Waals surface area contributed by atoms with E-state index in [9.17, 15) is 4.79 Å². The summed E-state index contributed by atoms with van der Waals surface area (Å²) in [4.78, 5) is 14.7. The van der Waals surface area contributed by atoms with Crippen LogP contribution in [0.3, 0.4) is 0 Å². The number of carbonyl (C=O) groups excluding carboxylic acids is 1. The molecule has 2 heterocycles. The Morgan fingerprint density at radius 2 is 2.04 bits per heavy atom. The van der Waals surface area contributed by atoms with Crippen LogP contribution in [-0.4, -0.2) is 42.6 Å². The molecule has 1 N–H and O–H groups in total. The summed E-state index contributed by atoms with van der Waals surface area (Å²) in [5, 5.41) is 3.25. The van der Waals surface area contributed by atoms with E-state index in [0.29, 0.717) is 31.7 Å². The first-order valence-corrected chi connectivity index (χ1v) is 8.98. The third-order valence-corrected chi connectivity index (χ3v) is 5.01. The van der Waals surface area contributed by atoms with Crippen molar-refractivity contribution in [1.29, 1.82) is 0 Å². The molecule has 0 radical (unpaired) electrons. The van der Waals surface area contributed by atoms with Gasteiger partial charge in [0, 0.05) is 31.7 Å². The number of piperidine rings is 1. The maximum absolute atomic E-state index is 12.1. The first kappa shape index (κ1) is 16.5. The lowest BCUT2D eigenvalue weighted by Crippen LogP contribution is -2.46. The number of fused-ring (bicyclic) bond motifs is 1. The third kappa shape index (κ3) is 4.79. The molecule has 1 aromatic carbocycles. The van der Waals surface area contributed by atoms with E-state index in [2.05, 4.69) is 22.3 Å². The molecule has 1 amide bonds. The molecule has 0 aromatic heterocycles. The quantitative estimate of drug-likeness (QED) is 0.787. The molecule has 4 heteroatoms. The van der Waals surface area contributed by atoms with E-state index >= 15 is 0 Å². The lowest BCUT2D eigenvalue weighted by Gasteiger charge is -2.32. The van der Waals surface area contributed by atoms with E-state index in [-0.39, 0.29) is 5.91 Å². The molecule has 126 valence electrons. The highest BCUT2D eigenvalue weighted by Crippen LogP contribution is 2.27. The van der Waals surface area contributed by atoms with Crippen molar-refractivity contribution in [3.8, 4) is 0 Å². The van der Waals surface area contributed by atoms with Crippen molar-refractivity contribution >= 4 is 5.91 Å². The highest BCUT2D eigenvalue weighted by atomic mass is 16.5. The normalized spacial score (nSPS) is 24.3. The lowest BCUT2D eigenvalue weighted by molar-refractivity contribution is -0.122. The number of rotatable bonds is 7. The fourth-order valence-electron chi connectivity index (χ4n) is 3.79. The molecule has 0 aliphatic carbocycles. The van der Waals surface area contributed by atoms with Gasteiger partial charge in [0.15, 0.2) is 0 Å². The van der Waals surface area contributed by atoms with Crippen molar-refractivity contribution in [3.05, 3.63) is 35.9 Å². The van der Waals surface area contributed by atoms with Crippen molar-refractivity contribution in [3.63, 3.8) is 0 Å². The van der Waals surface area contributed by atoms with Crippen LogP contribution in [0.4, 0.5) is 0 Å². The summed E-state index contributed by atoms with van der Waals surface area (Å²) in [6, 6.07) is 11.1. The van der Waals surface area contributed by atoms with Gasteiger partial charge in [-0.2, -0.15) is 0 Å². The fourth-order valence-corrected chi connectivity index (χ4v) is 3.79. The molecule has 1 aromatic rings. The zero-order valence-electron chi connectivity index (χ0n) is 13.9. The van der Waals surface area contributed by atoms with Crippen LogP contribution >= 0.6 is 0 Å². The maximum Gasteiger partial charge on any atom is 0.220 e. The lowest BCUT2D eigenvalue weighted by atomic mass is 9.99. The summed E-state index contributed by atoms with van der Waals surface area (Å²) in [5.41, 5.74) is 1.18. The van der Waals surface area contributed by atoms with Crippen LogP contribution in [0.5, 0.6) is 0 Å². The molecule has 3 rings (SSSR count). The molecule has 23 heavy (non-hydrogen) atoms. The zero-order chi connectivity index (χ0) is 15.9.